The summed E-state index contributed by atoms with van der Waals surface area (Å²) < 4.78 is 47.4. The van der Waals surface area contributed by atoms with Gasteiger partial charge in [-0.1, -0.05) is 23.7 Å². The van der Waals surface area contributed by atoms with Crippen LogP contribution in [0.1, 0.15) is 50.1 Å². The molecular formula is C29H37ClN2O6S. The second kappa shape index (κ2) is 10.8. The zero-order chi connectivity index (χ0) is 28.9. The van der Waals surface area contributed by atoms with Crippen LogP contribution in [0.4, 0.5) is 5.69 Å². The molecule has 1 aromatic heterocycles. The Morgan fingerprint density at radius 3 is 2.33 bits per heavy atom. The van der Waals surface area contributed by atoms with Crippen LogP contribution in [0, 0.1) is 13.8 Å². The molecule has 0 saturated carbocycles. The SMILES string of the molecule is COCC[C@H]1Cn2c(C)cc3c(-c4ccc(Cl)cc4)c([C@H](OC(C)(C)C)C(=O)OC)c(C)c(c32)N1S(C)(=O)=O. The molecule has 2 heterocycles. The molecule has 0 fully saturated rings. The highest BCUT2D eigenvalue weighted by molar-refractivity contribution is 7.92. The van der Waals surface area contributed by atoms with E-state index in [2.05, 4.69) is 10.6 Å². The maximum Gasteiger partial charge on any atom is 0.339 e. The number of hydrogen-bond donors (Lipinski definition) is 0. The number of anilines is 1. The van der Waals surface area contributed by atoms with Gasteiger partial charge in [-0.15, -0.1) is 0 Å². The fourth-order valence-electron chi connectivity index (χ4n) is 5.57. The maximum atomic E-state index is 13.4. The van der Waals surface area contributed by atoms with Crippen LogP contribution in [0.5, 0.6) is 0 Å². The van der Waals surface area contributed by atoms with E-state index < -0.39 is 27.7 Å². The van der Waals surface area contributed by atoms with Crippen LogP contribution >= 0.6 is 11.6 Å². The Kier molecular flexibility index (Phi) is 8.11. The number of rotatable bonds is 8. The molecule has 0 radical (unpaired) electrons. The summed E-state index contributed by atoms with van der Waals surface area (Å²) in [6.45, 7) is 10.4. The molecule has 0 aliphatic carbocycles. The highest BCUT2D eigenvalue weighted by Gasteiger charge is 2.41. The van der Waals surface area contributed by atoms with Gasteiger partial charge in [0.1, 0.15) is 0 Å². The van der Waals surface area contributed by atoms with Gasteiger partial charge in [-0.3, -0.25) is 4.31 Å². The molecule has 8 nitrogen and oxygen atoms in total. The molecule has 39 heavy (non-hydrogen) atoms. The van der Waals surface area contributed by atoms with E-state index in [1.54, 1.807) is 19.2 Å². The Morgan fingerprint density at radius 1 is 1.15 bits per heavy atom. The van der Waals surface area contributed by atoms with Gasteiger partial charge in [0, 0.05) is 41.9 Å². The molecule has 0 amide bonds. The summed E-state index contributed by atoms with van der Waals surface area (Å²) in [6, 6.07) is 9.09. The average Bonchev–Trinajstić information content (AvgIpc) is 3.18. The van der Waals surface area contributed by atoms with Gasteiger partial charge < -0.3 is 18.8 Å². The summed E-state index contributed by atoms with van der Waals surface area (Å²) in [7, 11) is -0.775. The van der Waals surface area contributed by atoms with Gasteiger partial charge in [-0.25, -0.2) is 13.2 Å². The molecule has 4 rings (SSSR count). The highest BCUT2D eigenvalue weighted by atomic mass is 35.5. The van der Waals surface area contributed by atoms with Crippen molar-refractivity contribution in [2.75, 3.05) is 31.4 Å². The second-order valence-electron chi connectivity index (χ2n) is 11.1. The lowest BCUT2D eigenvalue weighted by molar-refractivity contribution is -0.164. The number of hydrogen-bond acceptors (Lipinski definition) is 6. The first-order valence-electron chi connectivity index (χ1n) is 12.9. The first kappa shape index (κ1) is 29.4. The van der Waals surface area contributed by atoms with Crippen molar-refractivity contribution in [3.8, 4) is 11.1 Å². The minimum absolute atomic E-state index is 0.366. The number of carbonyl (C=O) groups is 1. The predicted molar refractivity (Wildman–Crippen MR) is 155 cm³/mol. The number of aromatic nitrogens is 1. The third-order valence-electron chi connectivity index (χ3n) is 7.07. The summed E-state index contributed by atoms with van der Waals surface area (Å²) in [4.78, 5) is 13.4. The van der Waals surface area contributed by atoms with Gasteiger partial charge >= 0.3 is 5.97 Å². The first-order chi connectivity index (χ1) is 18.2. The Hall–Kier alpha value is -2.59. The van der Waals surface area contributed by atoms with E-state index in [0.29, 0.717) is 41.4 Å². The van der Waals surface area contributed by atoms with Crippen LogP contribution in [0.2, 0.25) is 5.02 Å². The summed E-state index contributed by atoms with van der Waals surface area (Å²) in [6.07, 6.45) is 0.625. The topological polar surface area (TPSA) is 87.1 Å². The first-order valence-corrected chi connectivity index (χ1v) is 15.1. The minimum atomic E-state index is -3.70. The lowest BCUT2D eigenvalue weighted by Gasteiger charge is -2.39. The van der Waals surface area contributed by atoms with E-state index in [-0.39, 0.29) is 6.04 Å². The quantitative estimate of drug-likeness (QED) is 0.315. The van der Waals surface area contributed by atoms with Gasteiger partial charge in [0.25, 0.3) is 0 Å². The predicted octanol–water partition coefficient (Wildman–Crippen LogP) is 5.79. The Labute approximate surface area is 235 Å². The van der Waals surface area contributed by atoms with Crippen molar-refractivity contribution in [2.24, 2.45) is 0 Å². The molecule has 0 unspecified atom stereocenters. The average molecular weight is 577 g/mol. The molecule has 0 N–H and O–H groups in total. The number of carbonyl (C=O) groups excluding carboxylic acids is 1. The highest BCUT2D eigenvalue weighted by Crippen LogP contribution is 2.49. The van der Waals surface area contributed by atoms with Gasteiger partial charge in [0.2, 0.25) is 10.0 Å². The fourth-order valence-corrected chi connectivity index (χ4v) is 6.97. The van der Waals surface area contributed by atoms with Crippen LogP contribution in [0.25, 0.3) is 22.0 Å². The minimum Gasteiger partial charge on any atom is -0.467 e. The molecule has 2 atom stereocenters. The lowest BCUT2D eigenvalue weighted by Crippen LogP contribution is -2.46. The Bertz CT molecular complexity index is 1510. The Balaban J connectivity index is 2.19. The van der Waals surface area contributed by atoms with Crippen LogP contribution in [-0.4, -0.2) is 57.7 Å². The molecular weight excluding hydrogens is 540 g/mol. The van der Waals surface area contributed by atoms with E-state index in [4.69, 9.17) is 25.8 Å². The molecule has 2 aromatic carbocycles. The normalized spacial score (nSPS) is 16.5. The molecule has 212 valence electrons. The van der Waals surface area contributed by atoms with Crippen LogP contribution in [0.15, 0.2) is 30.3 Å². The molecule has 0 saturated heterocycles. The fraction of sp³-hybridized carbons (Fsp3) is 0.483. The molecule has 10 heteroatoms. The monoisotopic (exact) mass is 576 g/mol. The second-order valence-corrected chi connectivity index (χ2v) is 13.4. The number of benzene rings is 2. The van der Waals surface area contributed by atoms with Gasteiger partial charge in [0.05, 0.1) is 36.2 Å². The van der Waals surface area contributed by atoms with Crippen molar-refractivity contribution >= 4 is 44.2 Å². The van der Waals surface area contributed by atoms with Crippen molar-refractivity contribution in [1.29, 1.82) is 0 Å². The van der Waals surface area contributed by atoms with E-state index in [9.17, 15) is 13.2 Å². The number of nitrogens with zero attached hydrogens (tertiary/aromatic N) is 2. The zero-order valence-corrected chi connectivity index (χ0v) is 25.4. The Morgan fingerprint density at radius 2 is 1.79 bits per heavy atom. The van der Waals surface area contributed by atoms with Crippen molar-refractivity contribution in [3.05, 3.63) is 52.2 Å². The van der Waals surface area contributed by atoms with E-state index in [1.807, 2.05) is 46.8 Å². The maximum absolute atomic E-state index is 13.4. The largest absolute Gasteiger partial charge is 0.467 e. The standard InChI is InChI=1S/C29H37ClN2O6S/c1-17-15-22-24(19-9-11-20(30)12-10-19)23(27(28(33)37-7)38-29(3,4)5)18(2)25-26(22)31(17)16-21(13-14-36-6)32(25)39(8,34)35/h9-12,15,21,27H,13-14,16H2,1-8H3/t21-,27-/m0/s1. The van der Waals surface area contributed by atoms with Crippen molar-refractivity contribution in [2.45, 2.75) is 65.3 Å². The number of aryl methyl sites for hydroxylation is 1. The number of halogens is 1. The van der Waals surface area contributed by atoms with Crippen LogP contribution in [0.3, 0.4) is 0 Å². The number of ether oxygens (including phenoxy) is 3. The third kappa shape index (κ3) is 5.55. The van der Waals surface area contributed by atoms with Crippen molar-refractivity contribution in [3.63, 3.8) is 0 Å². The number of esters is 1. The molecule has 3 aromatic rings. The summed E-state index contributed by atoms with van der Waals surface area (Å²) in [5.74, 6) is -0.566. The smallest absolute Gasteiger partial charge is 0.339 e. The molecule has 1 aliphatic heterocycles. The van der Waals surface area contributed by atoms with E-state index >= 15 is 0 Å². The van der Waals surface area contributed by atoms with Gasteiger partial charge in [0.15, 0.2) is 6.10 Å². The van der Waals surface area contributed by atoms with E-state index in [1.165, 1.54) is 17.7 Å². The lowest BCUT2D eigenvalue weighted by atomic mass is 9.87. The number of methoxy groups -OCH3 is 2. The molecule has 0 spiro atoms. The number of sulfonamides is 1. The van der Waals surface area contributed by atoms with Gasteiger partial charge in [-0.05, 0) is 75.9 Å². The van der Waals surface area contributed by atoms with Crippen molar-refractivity contribution in [1.82, 2.24) is 4.57 Å². The van der Waals surface area contributed by atoms with Crippen LogP contribution < -0.4 is 4.31 Å². The summed E-state index contributed by atoms with van der Waals surface area (Å²) in [5.41, 5.74) is 4.46. The summed E-state index contributed by atoms with van der Waals surface area (Å²) >= 11 is 6.24. The zero-order valence-electron chi connectivity index (χ0n) is 23.8. The van der Waals surface area contributed by atoms with Crippen molar-refractivity contribution < 1.29 is 27.4 Å². The van der Waals surface area contributed by atoms with Gasteiger partial charge in [-0.2, -0.15) is 0 Å². The third-order valence-corrected chi connectivity index (χ3v) is 8.51. The molecule has 0 bridgehead atoms. The van der Waals surface area contributed by atoms with E-state index in [0.717, 1.165) is 27.7 Å². The van der Waals surface area contributed by atoms with Crippen LogP contribution in [-0.2, 0) is 35.6 Å². The summed E-state index contributed by atoms with van der Waals surface area (Å²) in [5, 5.41) is 1.41. The molecule has 1 aliphatic rings.